The number of hydrogen-bond acceptors (Lipinski definition) is 3. The Morgan fingerprint density at radius 1 is 1.16 bits per heavy atom. The second-order valence-corrected chi connectivity index (χ2v) is 7.79. The molecular formula is C10H5Cl3FNO2S2. The summed E-state index contributed by atoms with van der Waals surface area (Å²) in [7, 11) is -4.00. The Morgan fingerprint density at radius 3 is 2.37 bits per heavy atom. The third kappa shape index (κ3) is 3.32. The van der Waals surface area contributed by atoms with Crippen LogP contribution in [0.5, 0.6) is 0 Å². The van der Waals surface area contributed by atoms with Crippen molar-refractivity contribution in [1.82, 2.24) is 0 Å². The second-order valence-electron chi connectivity index (χ2n) is 3.42. The lowest BCUT2D eigenvalue weighted by Gasteiger charge is -2.08. The van der Waals surface area contributed by atoms with Crippen LogP contribution in [0.4, 0.5) is 10.1 Å². The molecule has 1 aromatic carbocycles. The Labute approximate surface area is 128 Å². The molecule has 0 fully saturated rings. The Hall–Kier alpha value is -0.530. The van der Waals surface area contributed by atoms with Gasteiger partial charge in [0.2, 0.25) is 0 Å². The molecule has 2 rings (SSSR count). The van der Waals surface area contributed by atoms with Crippen molar-refractivity contribution in [2.24, 2.45) is 0 Å². The van der Waals surface area contributed by atoms with Crippen LogP contribution >= 0.6 is 46.1 Å². The topological polar surface area (TPSA) is 46.2 Å². The second kappa shape index (κ2) is 5.46. The van der Waals surface area contributed by atoms with E-state index in [0.29, 0.717) is 0 Å². The maximum Gasteiger partial charge on any atom is 0.264 e. The summed E-state index contributed by atoms with van der Waals surface area (Å²) in [5.41, 5.74) is -0.220. The molecule has 19 heavy (non-hydrogen) atoms. The molecule has 0 radical (unpaired) electrons. The molecule has 0 saturated heterocycles. The van der Waals surface area contributed by atoms with Gasteiger partial charge in [-0.2, -0.15) is 0 Å². The number of thiophene rings is 1. The van der Waals surface area contributed by atoms with E-state index in [-0.39, 0.29) is 24.3 Å². The number of sulfonamides is 1. The largest absolute Gasteiger partial charge is 0.277 e. The van der Waals surface area contributed by atoms with Crippen molar-refractivity contribution in [2.45, 2.75) is 4.90 Å². The first-order valence-corrected chi connectivity index (χ1v) is 8.15. The minimum absolute atomic E-state index is 0.00636. The maximum atomic E-state index is 13.5. The molecule has 2 aromatic rings. The molecule has 0 saturated carbocycles. The monoisotopic (exact) mass is 359 g/mol. The van der Waals surface area contributed by atoms with E-state index in [1.165, 1.54) is 18.2 Å². The first kappa shape index (κ1) is 14.9. The molecular weight excluding hydrogens is 356 g/mol. The molecule has 102 valence electrons. The lowest BCUT2D eigenvalue weighted by atomic mass is 10.3. The normalized spacial score (nSPS) is 11.6. The predicted octanol–water partition coefficient (Wildman–Crippen LogP) is 4.65. The maximum absolute atomic E-state index is 13.5. The van der Waals surface area contributed by atoms with E-state index in [1.54, 1.807) is 0 Å². The van der Waals surface area contributed by atoms with Crippen molar-refractivity contribution in [3.8, 4) is 0 Å². The summed E-state index contributed by atoms with van der Waals surface area (Å²) in [6.45, 7) is 0. The van der Waals surface area contributed by atoms with Gasteiger partial charge >= 0.3 is 0 Å². The van der Waals surface area contributed by atoms with Crippen LogP contribution in [-0.4, -0.2) is 8.42 Å². The quantitative estimate of drug-likeness (QED) is 0.866. The molecule has 1 N–H and O–H groups in total. The molecule has 1 heterocycles. The van der Waals surface area contributed by atoms with Crippen LogP contribution < -0.4 is 4.72 Å². The van der Waals surface area contributed by atoms with E-state index >= 15 is 0 Å². The smallest absolute Gasteiger partial charge is 0.264 e. The van der Waals surface area contributed by atoms with Crippen molar-refractivity contribution < 1.29 is 12.8 Å². The lowest BCUT2D eigenvalue weighted by Crippen LogP contribution is -2.13. The SMILES string of the molecule is O=S(=O)(Nc1ccc(Cl)cc1F)c1cc(Cl)sc1Cl. The summed E-state index contributed by atoms with van der Waals surface area (Å²) in [5.74, 6) is -0.784. The van der Waals surface area contributed by atoms with E-state index in [2.05, 4.69) is 4.72 Å². The Balaban J connectivity index is 2.39. The van der Waals surface area contributed by atoms with E-state index in [4.69, 9.17) is 34.8 Å². The molecule has 0 aliphatic rings. The fourth-order valence-electron chi connectivity index (χ4n) is 1.28. The van der Waals surface area contributed by atoms with Gasteiger partial charge in [0.05, 0.1) is 10.0 Å². The average molecular weight is 361 g/mol. The van der Waals surface area contributed by atoms with Crippen molar-refractivity contribution >= 4 is 61.9 Å². The first-order valence-electron chi connectivity index (χ1n) is 4.72. The molecule has 0 aliphatic carbocycles. The Kier molecular flexibility index (Phi) is 4.27. The summed E-state index contributed by atoms with van der Waals surface area (Å²) < 4.78 is 39.9. The summed E-state index contributed by atoms with van der Waals surface area (Å²) >= 11 is 17.9. The van der Waals surface area contributed by atoms with Gasteiger partial charge in [0.25, 0.3) is 10.0 Å². The van der Waals surface area contributed by atoms with Crippen molar-refractivity contribution in [1.29, 1.82) is 0 Å². The molecule has 0 spiro atoms. The third-order valence-corrected chi connectivity index (χ3v) is 5.44. The lowest BCUT2D eigenvalue weighted by molar-refractivity contribution is 0.599. The van der Waals surface area contributed by atoms with Crippen LogP contribution in [0.15, 0.2) is 29.2 Å². The number of benzene rings is 1. The van der Waals surface area contributed by atoms with Gasteiger partial charge in [-0.25, -0.2) is 12.8 Å². The molecule has 9 heteroatoms. The van der Waals surface area contributed by atoms with Crippen LogP contribution in [0, 0.1) is 5.82 Å². The average Bonchev–Trinajstić information content (AvgIpc) is 2.63. The number of anilines is 1. The number of halogens is 4. The molecule has 1 aromatic heterocycles. The van der Waals surface area contributed by atoms with E-state index in [1.807, 2.05) is 0 Å². The van der Waals surface area contributed by atoms with E-state index in [0.717, 1.165) is 17.4 Å². The molecule has 0 aliphatic heterocycles. The molecule has 3 nitrogen and oxygen atoms in total. The Bertz CT molecular complexity index is 730. The molecule has 0 unspecified atom stereocenters. The van der Waals surface area contributed by atoms with Gasteiger partial charge in [0, 0.05) is 5.02 Å². The zero-order valence-corrected chi connectivity index (χ0v) is 12.9. The highest BCUT2D eigenvalue weighted by Gasteiger charge is 2.22. The summed E-state index contributed by atoms with van der Waals surface area (Å²) in [4.78, 5) is -0.196. The fourth-order valence-corrected chi connectivity index (χ4v) is 4.66. The van der Waals surface area contributed by atoms with E-state index < -0.39 is 15.8 Å². The van der Waals surface area contributed by atoms with Gasteiger partial charge in [-0.3, -0.25) is 4.72 Å². The van der Waals surface area contributed by atoms with Gasteiger partial charge in [-0.05, 0) is 24.3 Å². The summed E-state index contributed by atoms with van der Waals surface area (Å²) in [5, 5.41) is 0.164. The van der Waals surface area contributed by atoms with Gasteiger partial charge in [-0.15, -0.1) is 11.3 Å². The molecule has 0 amide bonds. The van der Waals surface area contributed by atoms with Crippen LogP contribution in [0.25, 0.3) is 0 Å². The third-order valence-electron chi connectivity index (χ3n) is 2.09. The zero-order chi connectivity index (χ0) is 14.2. The predicted molar refractivity (Wildman–Crippen MR) is 76.6 cm³/mol. The summed E-state index contributed by atoms with van der Waals surface area (Å²) in [6, 6.07) is 4.79. The molecule has 0 atom stereocenters. The number of rotatable bonds is 3. The minimum atomic E-state index is -4.00. The van der Waals surface area contributed by atoms with Gasteiger partial charge in [-0.1, -0.05) is 34.8 Å². The summed E-state index contributed by atoms with van der Waals surface area (Å²) in [6.07, 6.45) is 0. The van der Waals surface area contributed by atoms with Gasteiger partial charge in [0.15, 0.2) is 0 Å². The van der Waals surface area contributed by atoms with Gasteiger partial charge < -0.3 is 0 Å². The van der Waals surface area contributed by atoms with Gasteiger partial charge in [0.1, 0.15) is 15.0 Å². The number of nitrogens with one attached hydrogen (secondary N) is 1. The van der Waals surface area contributed by atoms with Crippen LogP contribution in [0.3, 0.4) is 0 Å². The first-order chi connectivity index (χ1) is 8.79. The van der Waals surface area contributed by atoms with Crippen LogP contribution in [0.1, 0.15) is 0 Å². The highest BCUT2D eigenvalue weighted by molar-refractivity contribution is 7.93. The van der Waals surface area contributed by atoms with E-state index in [9.17, 15) is 12.8 Å². The number of hydrogen-bond donors (Lipinski definition) is 1. The molecule has 0 bridgehead atoms. The Morgan fingerprint density at radius 2 is 1.84 bits per heavy atom. The van der Waals surface area contributed by atoms with Crippen molar-refractivity contribution in [3.05, 3.63) is 43.8 Å². The van der Waals surface area contributed by atoms with Crippen LogP contribution in [0.2, 0.25) is 13.7 Å². The van der Waals surface area contributed by atoms with Crippen molar-refractivity contribution in [3.63, 3.8) is 0 Å². The standard InChI is InChI=1S/C10H5Cl3FNO2S2/c11-5-1-2-7(6(14)3-5)15-19(16,17)8-4-9(12)18-10(8)13/h1-4,15H. The zero-order valence-electron chi connectivity index (χ0n) is 8.95. The highest BCUT2D eigenvalue weighted by atomic mass is 35.5. The minimum Gasteiger partial charge on any atom is -0.277 e. The van der Waals surface area contributed by atoms with Crippen LogP contribution in [-0.2, 0) is 10.0 Å². The highest BCUT2D eigenvalue weighted by Crippen LogP contribution is 2.35. The fraction of sp³-hybridized carbons (Fsp3) is 0. The van der Waals surface area contributed by atoms with Crippen molar-refractivity contribution in [2.75, 3.05) is 4.72 Å².